The summed E-state index contributed by atoms with van der Waals surface area (Å²) in [5.41, 5.74) is -0.955. The average molecular weight is 415 g/mol. The van der Waals surface area contributed by atoms with Crippen molar-refractivity contribution >= 4 is 28.5 Å². The Kier molecular flexibility index (Phi) is 5.00. The van der Waals surface area contributed by atoms with Crippen LogP contribution >= 0.6 is 11.6 Å². The predicted octanol–water partition coefficient (Wildman–Crippen LogP) is 3.90. The Morgan fingerprint density at radius 3 is 2.33 bits per heavy atom. The molecule has 0 bridgehead atoms. The van der Waals surface area contributed by atoms with Crippen molar-refractivity contribution in [3.8, 4) is 0 Å². The molecule has 0 radical (unpaired) electrons. The Morgan fingerprint density at radius 2 is 1.78 bits per heavy atom. The Balaban J connectivity index is 1.79. The highest BCUT2D eigenvalue weighted by molar-refractivity contribution is 6.34. The van der Waals surface area contributed by atoms with Crippen LogP contribution in [0, 0.1) is 5.92 Å². The van der Waals surface area contributed by atoms with E-state index in [0.29, 0.717) is 4.90 Å². The second kappa shape index (κ2) is 6.84. The molecule has 0 spiro atoms. The highest BCUT2D eigenvalue weighted by Crippen LogP contribution is 2.38. The number of halogens is 7. The van der Waals surface area contributed by atoms with Crippen molar-refractivity contribution in [1.82, 2.24) is 19.4 Å². The summed E-state index contributed by atoms with van der Waals surface area (Å²) in [5, 5.41) is -0.631. The summed E-state index contributed by atoms with van der Waals surface area (Å²) < 4.78 is 78.5. The number of rotatable bonds is 2. The summed E-state index contributed by atoms with van der Waals surface area (Å²) in [6, 6.07) is 0. The van der Waals surface area contributed by atoms with Gasteiger partial charge in [-0.15, -0.1) is 0 Å². The SMILES string of the molecule is O=C(N1CCC(Cn2cc(C(F)(F)F)c3c(Cl)ncnc32)CC1)C(F)(F)F. The molecule has 1 aliphatic rings. The van der Waals surface area contributed by atoms with Crippen LogP contribution in [-0.4, -0.2) is 44.6 Å². The molecule has 3 rings (SSSR count). The first-order valence-corrected chi connectivity index (χ1v) is 8.29. The third-order valence-corrected chi connectivity index (χ3v) is 4.80. The van der Waals surface area contributed by atoms with Gasteiger partial charge in [-0.05, 0) is 18.8 Å². The molecule has 5 nitrogen and oxygen atoms in total. The van der Waals surface area contributed by atoms with E-state index >= 15 is 0 Å². The van der Waals surface area contributed by atoms with E-state index in [1.165, 1.54) is 4.57 Å². The van der Waals surface area contributed by atoms with Crippen LogP contribution in [0.3, 0.4) is 0 Å². The van der Waals surface area contributed by atoms with Gasteiger partial charge in [-0.3, -0.25) is 4.79 Å². The molecule has 0 unspecified atom stereocenters. The first-order valence-electron chi connectivity index (χ1n) is 7.91. The second-order valence-electron chi connectivity index (χ2n) is 6.29. The van der Waals surface area contributed by atoms with Gasteiger partial charge < -0.3 is 9.47 Å². The maximum Gasteiger partial charge on any atom is 0.471 e. The van der Waals surface area contributed by atoms with Gasteiger partial charge in [-0.2, -0.15) is 26.3 Å². The maximum atomic E-state index is 13.3. The van der Waals surface area contributed by atoms with Crippen LogP contribution < -0.4 is 0 Å². The number of carbonyl (C=O) groups excluding carboxylic acids is 1. The third-order valence-electron chi connectivity index (χ3n) is 4.51. The molecule has 0 aromatic carbocycles. The molecule has 2 aromatic heterocycles. The minimum absolute atomic E-state index is 0.0103. The van der Waals surface area contributed by atoms with Gasteiger partial charge in [-0.1, -0.05) is 11.6 Å². The fourth-order valence-corrected chi connectivity index (χ4v) is 3.45. The largest absolute Gasteiger partial charge is 0.471 e. The summed E-state index contributed by atoms with van der Waals surface area (Å²) in [5.74, 6) is -2.10. The Morgan fingerprint density at radius 1 is 1.15 bits per heavy atom. The molecular formula is C15H13ClF6N4O. The predicted molar refractivity (Wildman–Crippen MR) is 82.9 cm³/mol. The highest BCUT2D eigenvalue weighted by atomic mass is 35.5. The van der Waals surface area contributed by atoms with E-state index in [4.69, 9.17) is 11.6 Å². The van der Waals surface area contributed by atoms with Gasteiger partial charge in [0.25, 0.3) is 0 Å². The standard InChI is InChI=1S/C15H13ClF6N4O/c16-11-10-9(14(17,18)19)6-26(12(10)24-7-23-11)5-8-1-3-25(4-2-8)13(27)15(20,21)22/h6-8H,1-5H2. The van der Waals surface area contributed by atoms with Gasteiger partial charge in [0, 0.05) is 25.8 Å². The number of nitrogens with zero attached hydrogens (tertiary/aromatic N) is 4. The highest BCUT2D eigenvalue weighted by Gasteiger charge is 2.43. The lowest BCUT2D eigenvalue weighted by atomic mass is 9.96. The average Bonchev–Trinajstić information content (AvgIpc) is 2.94. The van der Waals surface area contributed by atoms with Crippen LogP contribution in [0.2, 0.25) is 5.15 Å². The maximum absolute atomic E-state index is 13.3. The van der Waals surface area contributed by atoms with Crippen LogP contribution in [0.25, 0.3) is 11.0 Å². The van der Waals surface area contributed by atoms with Crippen molar-refractivity contribution in [3.05, 3.63) is 23.2 Å². The monoisotopic (exact) mass is 414 g/mol. The molecule has 1 amide bonds. The van der Waals surface area contributed by atoms with E-state index in [2.05, 4.69) is 9.97 Å². The number of likely N-dealkylation sites (tertiary alicyclic amines) is 1. The van der Waals surface area contributed by atoms with Gasteiger partial charge in [0.05, 0.1) is 10.9 Å². The van der Waals surface area contributed by atoms with Crippen LogP contribution in [0.5, 0.6) is 0 Å². The number of amides is 1. The Labute approximate surface area is 153 Å². The fraction of sp³-hybridized carbons (Fsp3) is 0.533. The summed E-state index contributed by atoms with van der Waals surface area (Å²) >= 11 is 5.81. The van der Waals surface area contributed by atoms with E-state index in [9.17, 15) is 31.1 Å². The lowest BCUT2D eigenvalue weighted by molar-refractivity contribution is -0.186. The molecule has 1 fully saturated rings. The van der Waals surface area contributed by atoms with E-state index in [1.54, 1.807) is 0 Å². The van der Waals surface area contributed by atoms with E-state index < -0.39 is 23.8 Å². The van der Waals surface area contributed by atoms with E-state index in [0.717, 1.165) is 12.5 Å². The number of carbonyl (C=O) groups is 1. The number of hydrogen-bond donors (Lipinski definition) is 0. The molecule has 0 saturated carbocycles. The van der Waals surface area contributed by atoms with Gasteiger partial charge in [0.1, 0.15) is 17.1 Å². The van der Waals surface area contributed by atoms with Gasteiger partial charge in [0.15, 0.2) is 0 Å². The van der Waals surface area contributed by atoms with Crippen molar-refractivity contribution in [2.75, 3.05) is 13.1 Å². The van der Waals surface area contributed by atoms with Crippen molar-refractivity contribution in [2.24, 2.45) is 5.92 Å². The van der Waals surface area contributed by atoms with E-state index in [-0.39, 0.29) is 54.6 Å². The van der Waals surface area contributed by atoms with Crippen molar-refractivity contribution < 1.29 is 31.1 Å². The van der Waals surface area contributed by atoms with Crippen molar-refractivity contribution in [3.63, 3.8) is 0 Å². The van der Waals surface area contributed by atoms with Crippen LogP contribution in [-0.2, 0) is 17.5 Å². The van der Waals surface area contributed by atoms with Gasteiger partial charge >= 0.3 is 18.3 Å². The Bertz CT molecular complexity index is 854. The molecule has 0 aliphatic carbocycles. The summed E-state index contributed by atoms with van der Waals surface area (Å²) in [4.78, 5) is 19.4. The van der Waals surface area contributed by atoms with Crippen LogP contribution in [0.4, 0.5) is 26.3 Å². The third kappa shape index (κ3) is 3.97. The molecule has 0 N–H and O–H groups in total. The lowest BCUT2D eigenvalue weighted by Gasteiger charge is -2.32. The number of fused-ring (bicyclic) bond motifs is 1. The topological polar surface area (TPSA) is 51.0 Å². The second-order valence-corrected chi connectivity index (χ2v) is 6.65. The molecule has 0 atom stereocenters. The number of hydrogen-bond acceptors (Lipinski definition) is 3. The lowest BCUT2D eigenvalue weighted by Crippen LogP contribution is -2.45. The first kappa shape index (κ1) is 19.7. The zero-order valence-electron chi connectivity index (χ0n) is 13.6. The minimum Gasteiger partial charge on any atom is -0.335 e. The van der Waals surface area contributed by atoms with Gasteiger partial charge in [0.2, 0.25) is 0 Å². The zero-order valence-corrected chi connectivity index (χ0v) is 14.4. The minimum atomic E-state index is -4.93. The molecule has 2 aromatic rings. The molecule has 1 saturated heterocycles. The first-order chi connectivity index (χ1) is 12.5. The quantitative estimate of drug-likeness (QED) is 0.553. The molecule has 3 heterocycles. The summed E-state index contributed by atoms with van der Waals surface area (Å²) in [7, 11) is 0. The molecule has 1 aliphatic heterocycles. The number of piperidine rings is 1. The van der Waals surface area contributed by atoms with Gasteiger partial charge in [-0.25, -0.2) is 9.97 Å². The van der Waals surface area contributed by atoms with Crippen LogP contribution in [0.1, 0.15) is 18.4 Å². The normalized spacial score (nSPS) is 16.9. The van der Waals surface area contributed by atoms with E-state index in [1.807, 2.05) is 0 Å². The molecule has 148 valence electrons. The zero-order chi connectivity index (χ0) is 20.0. The number of aromatic nitrogens is 3. The Hall–Kier alpha value is -2.04. The van der Waals surface area contributed by atoms with Crippen molar-refractivity contribution in [2.45, 2.75) is 31.7 Å². The summed E-state index contributed by atoms with van der Waals surface area (Å²) in [6.45, 7) is -0.0951. The molecular weight excluding hydrogens is 402 g/mol. The number of alkyl halides is 6. The fourth-order valence-electron chi connectivity index (χ4n) is 3.22. The molecule has 27 heavy (non-hydrogen) atoms. The smallest absolute Gasteiger partial charge is 0.335 e. The summed E-state index contributed by atoms with van der Waals surface area (Å²) in [6.07, 6.45) is -7.17. The van der Waals surface area contributed by atoms with Crippen molar-refractivity contribution in [1.29, 1.82) is 0 Å². The van der Waals surface area contributed by atoms with Crippen LogP contribution in [0.15, 0.2) is 12.5 Å². The molecule has 12 heteroatoms.